The number of aromatic nitrogens is 2. The first-order chi connectivity index (χ1) is 7.11. The van der Waals surface area contributed by atoms with Gasteiger partial charge in [0.15, 0.2) is 5.69 Å². The Morgan fingerprint density at radius 1 is 1.67 bits per heavy atom. The van der Waals surface area contributed by atoms with E-state index >= 15 is 0 Å². The number of carbonyl (C=O) groups is 1. The summed E-state index contributed by atoms with van der Waals surface area (Å²) in [6, 6.07) is 0. The van der Waals surface area contributed by atoms with Gasteiger partial charge in [0.05, 0.1) is 13.2 Å². The first kappa shape index (κ1) is 12.2. The Balaban J connectivity index is 3.07. The highest BCUT2D eigenvalue weighted by Crippen LogP contribution is 2.19. The molecule has 1 rings (SSSR count). The highest BCUT2D eigenvalue weighted by molar-refractivity contribution is 9.10. The molecule has 1 heterocycles. The molecule has 1 aromatic rings. The fraction of sp³-hybridized carbons (Fsp3) is 0.556. The van der Waals surface area contributed by atoms with Crippen LogP contribution in [0.4, 0.5) is 0 Å². The molecule has 0 radical (unpaired) electrons. The maximum Gasteiger partial charge on any atom is 0.356 e. The number of halogens is 1. The van der Waals surface area contributed by atoms with Crippen molar-refractivity contribution in [1.29, 1.82) is 0 Å². The number of nitrogens with two attached hydrogens (primary N) is 1. The van der Waals surface area contributed by atoms with E-state index in [4.69, 9.17) is 10.5 Å². The zero-order valence-corrected chi connectivity index (χ0v) is 10.4. The molecule has 0 saturated heterocycles. The fourth-order valence-electron chi connectivity index (χ4n) is 1.26. The van der Waals surface area contributed by atoms with Gasteiger partial charge >= 0.3 is 5.97 Å². The van der Waals surface area contributed by atoms with Gasteiger partial charge in [0.1, 0.15) is 4.60 Å². The second kappa shape index (κ2) is 5.27. The van der Waals surface area contributed by atoms with Gasteiger partial charge < -0.3 is 10.5 Å². The largest absolute Gasteiger partial charge is 0.461 e. The third kappa shape index (κ3) is 2.57. The van der Waals surface area contributed by atoms with Gasteiger partial charge in [0.2, 0.25) is 0 Å². The molecule has 0 aliphatic rings. The number of hydrogen-bond acceptors (Lipinski definition) is 4. The normalized spacial score (nSPS) is 10.4. The van der Waals surface area contributed by atoms with Crippen molar-refractivity contribution in [3.05, 3.63) is 15.9 Å². The predicted octanol–water partition coefficient (Wildman–Crippen LogP) is 1.09. The molecule has 0 aliphatic carbocycles. The van der Waals surface area contributed by atoms with Crippen LogP contribution in [0.1, 0.15) is 23.0 Å². The molecule has 0 aliphatic heterocycles. The minimum Gasteiger partial charge on any atom is -0.461 e. The topological polar surface area (TPSA) is 70.1 Å². The van der Waals surface area contributed by atoms with Crippen LogP contribution in [0.3, 0.4) is 0 Å². The molecular formula is C9H14BrN3O2. The van der Waals surface area contributed by atoms with Gasteiger partial charge in [0, 0.05) is 12.1 Å². The summed E-state index contributed by atoms with van der Waals surface area (Å²) in [7, 11) is 0. The van der Waals surface area contributed by atoms with E-state index in [-0.39, 0.29) is 5.97 Å². The summed E-state index contributed by atoms with van der Waals surface area (Å²) in [6.07, 6.45) is 0. The maximum absolute atomic E-state index is 11.6. The summed E-state index contributed by atoms with van der Waals surface area (Å²) < 4.78 is 7.17. The number of carbonyl (C=O) groups excluding carboxylic acids is 1. The van der Waals surface area contributed by atoms with Crippen molar-refractivity contribution >= 4 is 21.9 Å². The lowest BCUT2D eigenvalue weighted by Gasteiger charge is -2.05. The second-order valence-corrected chi connectivity index (χ2v) is 3.75. The summed E-state index contributed by atoms with van der Waals surface area (Å²) in [5.74, 6) is -0.360. The second-order valence-electron chi connectivity index (χ2n) is 3.00. The molecule has 0 bridgehead atoms. The number of ether oxygens (including phenoxy) is 1. The smallest absolute Gasteiger partial charge is 0.356 e. The molecule has 0 spiro atoms. The molecule has 0 aromatic carbocycles. The Hall–Kier alpha value is -0.880. The van der Waals surface area contributed by atoms with Gasteiger partial charge in [-0.1, -0.05) is 0 Å². The zero-order chi connectivity index (χ0) is 11.4. The first-order valence-corrected chi connectivity index (χ1v) is 5.51. The first-order valence-electron chi connectivity index (χ1n) is 4.71. The van der Waals surface area contributed by atoms with Gasteiger partial charge in [0.25, 0.3) is 0 Å². The summed E-state index contributed by atoms with van der Waals surface area (Å²) >= 11 is 3.28. The molecule has 0 fully saturated rings. The van der Waals surface area contributed by atoms with Gasteiger partial charge in [-0.15, -0.1) is 0 Å². The summed E-state index contributed by atoms with van der Waals surface area (Å²) in [5.41, 5.74) is 6.68. The van der Waals surface area contributed by atoms with E-state index in [1.807, 2.05) is 6.92 Å². The third-order valence-corrected chi connectivity index (χ3v) is 2.69. The van der Waals surface area contributed by atoms with Crippen LogP contribution in [0.25, 0.3) is 0 Å². The van der Waals surface area contributed by atoms with E-state index in [0.717, 1.165) is 5.56 Å². The molecule has 5 nitrogen and oxygen atoms in total. The van der Waals surface area contributed by atoms with Crippen LogP contribution in [-0.4, -0.2) is 28.9 Å². The zero-order valence-electron chi connectivity index (χ0n) is 8.79. The van der Waals surface area contributed by atoms with Gasteiger partial charge in [-0.25, -0.2) is 4.79 Å². The Morgan fingerprint density at radius 3 is 2.87 bits per heavy atom. The van der Waals surface area contributed by atoms with Crippen LogP contribution < -0.4 is 5.73 Å². The molecule has 0 amide bonds. The van der Waals surface area contributed by atoms with Crippen molar-refractivity contribution in [1.82, 2.24) is 9.78 Å². The van der Waals surface area contributed by atoms with Gasteiger partial charge in [-0.2, -0.15) is 5.10 Å². The lowest BCUT2D eigenvalue weighted by molar-refractivity contribution is 0.0511. The summed E-state index contributed by atoms with van der Waals surface area (Å²) in [5, 5.41) is 4.16. The van der Waals surface area contributed by atoms with Crippen molar-refractivity contribution in [3.63, 3.8) is 0 Å². The molecule has 15 heavy (non-hydrogen) atoms. The van der Waals surface area contributed by atoms with E-state index < -0.39 is 0 Å². The lowest BCUT2D eigenvalue weighted by Crippen LogP contribution is -2.18. The van der Waals surface area contributed by atoms with Crippen molar-refractivity contribution in [2.24, 2.45) is 5.73 Å². The fourth-order valence-corrected chi connectivity index (χ4v) is 1.64. The number of esters is 1. The van der Waals surface area contributed by atoms with Crippen LogP contribution in [0.2, 0.25) is 0 Å². The monoisotopic (exact) mass is 275 g/mol. The molecule has 1 aromatic heterocycles. The standard InChI is InChI=1S/C9H14BrN3O2/c1-3-15-9(14)7-6(2)8(10)12-13(7)5-4-11/h3-5,11H2,1-2H3. The highest BCUT2D eigenvalue weighted by Gasteiger charge is 2.19. The van der Waals surface area contributed by atoms with E-state index in [0.29, 0.717) is 30.0 Å². The van der Waals surface area contributed by atoms with E-state index in [2.05, 4.69) is 21.0 Å². The van der Waals surface area contributed by atoms with Crippen LogP contribution in [0.15, 0.2) is 4.60 Å². The van der Waals surface area contributed by atoms with E-state index in [1.54, 1.807) is 11.6 Å². The summed E-state index contributed by atoms with van der Waals surface area (Å²) in [6.45, 7) is 4.87. The lowest BCUT2D eigenvalue weighted by atomic mass is 10.3. The predicted molar refractivity (Wildman–Crippen MR) is 59.7 cm³/mol. The summed E-state index contributed by atoms with van der Waals surface area (Å²) in [4.78, 5) is 11.6. The van der Waals surface area contributed by atoms with Crippen molar-refractivity contribution in [2.45, 2.75) is 20.4 Å². The Kier molecular flexibility index (Phi) is 4.28. The molecule has 0 saturated carbocycles. The van der Waals surface area contributed by atoms with Crippen LogP contribution in [0, 0.1) is 6.92 Å². The third-order valence-electron chi connectivity index (χ3n) is 1.94. The average Bonchev–Trinajstić information content (AvgIpc) is 2.44. The van der Waals surface area contributed by atoms with Crippen molar-refractivity contribution in [3.8, 4) is 0 Å². The van der Waals surface area contributed by atoms with Crippen LogP contribution in [0.5, 0.6) is 0 Å². The molecule has 6 heteroatoms. The Bertz CT molecular complexity index is 362. The Morgan fingerprint density at radius 2 is 2.33 bits per heavy atom. The van der Waals surface area contributed by atoms with Crippen molar-refractivity contribution in [2.75, 3.05) is 13.2 Å². The average molecular weight is 276 g/mol. The number of nitrogens with zero attached hydrogens (tertiary/aromatic N) is 2. The van der Waals surface area contributed by atoms with Gasteiger partial charge in [-0.05, 0) is 29.8 Å². The minimum absolute atomic E-state index is 0.351. The molecular weight excluding hydrogens is 262 g/mol. The molecule has 0 unspecified atom stereocenters. The van der Waals surface area contributed by atoms with E-state index in [1.165, 1.54) is 0 Å². The molecule has 84 valence electrons. The molecule has 0 atom stereocenters. The Labute approximate surface area is 96.7 Å². The van der Waals surface area contributed by atoms with E-state index in [9.17, 15) is 4.79 Å². The van der Waals surface area contributed by atoms with Gasteiger partial charge in [-0.3, -0.25) is 4.68 Å². The SMILES string of the molecule is CCOC(=O)c1c(C)c(Br)nn1CCN. The molecule has 2 N–H and O–H groups in total. The number of rotatable bonds is 4. The maximum atomic E-state index is 11.6. The van der Waals surface area contributed by atoms with Crippen LogP contribution >= 0.6 is 15.9 Å². The quantitative estimate of drug-likeness (QED) is 0.836. The van der Waals surface area contributed by atoms with Crippen LogP contribution in [-0.2, 0) is 11.3 Å². The minimum atomic E-state index is -0.360. The number of hydrogen-bond donors (Lipinski definition) is 1. The highest BCUT2D eigenvalue weighted by atomic mass is 79.9. The van der Waals surface area contributed by atoms with Crippen molar-refractivity contribution < 1.29 is 9.53 Å².